The minimum Gasteiger partial charge on any atom is -0.341 e. The third kappa shape index (κ3) is 2.72. The molecule has 1 aliphatic rings. The predicted molar refractivity (Wildman–Crippen MR) is 84.6 cm³/mol. The smallest absolute Gasteiger partial charge is 0.272 e. The van der Waals surface area contributed by atoms with Gasteiger partial charge in [0.15, 0.2) is 0 Å². The van der Waals surface area contributed by atoms with Crippen LogP contribution in [0.5, 0.6) is 0 Å². The summed E-state index contributed by atoms with van der Waals surface area (Å²) in [6, 6.07) is 10.2. The van der Waals surface area contributed by atoms with Crippen molar-refractivity contribution in [2.45, 2.75) is 32.9 Å². The fourth-order valence-electron chi connectivity index (χ4n) is 2.85. The minimum atomic E-state index is -0.0485. The highest BCUT2D eigenvalue weighted by Gasteiger charge is 2.17. The van der Waals surface area contributed by atoms with E-state index < -0.39 is 0 Å². The van der Waals surface area contributed by atoms with Gasteiger partial charge in [-0.2, -0.15) is 0 Å². The zero-order chi connectivity index (χ0) is 14.8. The number of benzene rings is 1. The number of hydrogen-bond donors (Lipinski definition) is 2. The van der Waals surface area contributed by atoms with Crippen molar-refractivity contribution in [3.63, 3.8) is 0 Å². The summed E-state index contributed by atoms with van der Waals surface area (Å²) in [6.07, 6.45) is 2.96. The van der Waals surface area contributed by atoms with E-state index in [4.69, 9.17) is 0 Å². The van der Waals surface area contributed by atoms with Crippen LogP contribution in [0.15, 0.2) is 36.5 Å². The van der Waals surface area contributed by atoms with Crippen LogP contribution in [0.3, 0.4) is 0 Å². The van der Waals surface area contributed by atoms with Crippen LogP contribution in [-0.2, 0) is 13.0 Å². The van der Waals surface area contributed by atoms with Crippen molar-refractivity contribution in [1.82, 2.24) is 9.88 Å². The molecule has 1 aromatic heterocycles. The number of hydrogen-bond acceptors (Lipinski definition) is 2. The van der Waals surface area contributed by atoms with Crippen LogP contribution in [0.1, 0.15) is 41.5 Å². The Morgan fingerprint density at radius 3 is 2.95 bits per heavy atom. The van der Waals surface area contributed by atoms with Gasteiger partial charge in [-0.25, -0.2) is 0 Å². The predicted octanol–water partition coefficient (Wildman–Crippen LogP) is 2.97. The Labute approximate surface area is 125 Å². The molecule has 1 aromatic carbocycles. The molecule has 0 aliphatic carbocycles. The largest absolute Gasteiger partial charge is 0.341 e. The van der Waals surface area contributed by atoms with Gasteiger partial charge < -0.3 is 15.2 Å². The average molecular weight is 283 g/mol. The lowest BCUT2D eigenvalue weighted by Gasteiger charge is -2.21. The van der Waals surface area contributed by atoms with E-state index in [9.17, 15) is 4.79 Å². The van der Waals surface area contributed by atoms with E-state index in [0.717, 1.165) is 25.2 Å². The number of carbonyl (C=O) groups excluding carboxylic acids is 1. The second-order valence-electron chi connectivity index (χ2n) is 5.72. The minimum absolute atomic E-state index is 0.0485. The highest BCUT2D eigenvalue weighted by molar-refractivity contribution is 6.03. The fourth-order valence-corrected chi connectivity index (χ4v) is 2.85. The summed E-state index contributed by atoms with van der Waals surface area (Å²) in [6.45, 7) is 5.97. The molecule has 3 rings (SSSR count). The first-order valence-corrected chi connectivity index (χ1v) is 7.46. The molecule has 0 saturated heterocycles. The molecular weight excluding hydrogens is 262 g/mol. The molecular formula is C17H21N3O. The molecule has 0 bridgehead atoms. The Kier molecular flexibility index (Phi) is 3.80. The van der Waals surface area contributed by atoms with E-state index in [1.165, 1.54) is 11.1 Å². The summed E-state index contributed by atoms with van der Waals surface area (Å²) in [5, 5.41) is 6.43. The Balaban J connectivity index is 1.87. The summed E-state index contributed by atoms with van der Waals surface area (Å²) in [5.41, 5.74) is 4.15. The number of amides is 1. The number of nitrogens with zero attached hydrogens (tertiary/aromatic N) is 1. The quantitative estimate of drug-likeness (QED) is 0.909. The highest BCUT2D eigenvalue weighted by atomic mass is 16.1. The standard InChI is InChI=1S/C17H21N3O/c1-12(2)20-10-4-7-16(20)17(21)19-15-6-3-5-13-8-9-18-11-14(13)15/h3-7,10,12,18H,8-9,11H2,1-2H3,(H,19,21). The number of rotatable bonds is 3. The third-order valence-electron chi connectivity index (χ3n) is 3.96. The molecule has 2 heterocycles. The summed E-state index contributed by atoms with van der Waals surface area (Å²) >= 11 is 0. The number of carbonyl (C=O) groups is 1. The SMILES string of the molecule is CC(C)n1cccc1C(=O)Nc1cccc2c1CNCC2. The molecule has 2 N–H and O–H groups in total. The zero-order valence-electron chi connectivity index (χ0n) is 12.5. The van der Waals surface area contributed by atoms with Crippen molar-refractivity contribution in [3.05, 3.63) is 53.3 Å². The maximum absolute atomic E-state index is 12.5. The van der Waals surface area contributed by atoms with Gasteiger partial charge in [0.1, 0.15) is 5.69 Å². The average Bonchev–Trinajstić information content (AvgIpc) is 2.97. The van der Waals surface area contributed by atoms with Crippen LogP contribution in [0, 0.1) is 0 Å². The van der Waals surface area contributed by atoms with E-state index in [2.05, 4.69) is 30.5 Å². The second-order valence-corrected chi connectivity index (χ2v) is 5.72. The molecule has 0 atom stereocenters. The summed E-state index contributed by atoms with van der Waals surface area (Å²) < 4.78 is 1.99. The van der Waals surface area contributed by atoms with E-state index >= 15 is 0 Å². The normalized spacial score (nSPS) is 14.0. The van der Waals surface area contributed by atoms with Gasteiger partial charge in [0.25, 0.3) is 5.91 Å². The van der Waals surface area contributed by atoms with Gasteiger partial charge in [-0.1, -0.05) is 12.1 Å². The van der Waals surface area contributed by atoms with Gasteiger partial charge in [0.2, 0.25) is 0 Å². The lowest BCUT2D eigenvalue weighted by Crippen LogP contribution is -2.26. The number of fused-ring (bicyclic) bond motifs is 1. The highest BCUT2D eigenvalue weighted by Crippen LogP contribution is 2.24. The van der Waals surface area contributed by atoms with E-state index in [0.29, 0.717) is 5.69 Å². The summed E-state index contributed by atoms with van der Waals surface area (Å²) in [5.74, 6) is -0.0485. The second kappa shape index (κ2) is 5.74. The van der Waals surface area contributed by atoms with E-state index in [-0.39, 0.29) is 11.9 Å². The lowest BCUT2D eigenvalue weighted by molar-refractivity contribution is 0.101. The molecule has 0 unspecified atom stereocenters. The Hall–Kier alpha value is -2.07. The monoisotopic (exact) mass is 283 g/mol. The van der Waals surface area contributed by atoms with Crippen LogP contribution in [0.2, 0.25) is 0 Å². The lowest BCUT2D eigenvalue weighted by atomic mass is 9.99. The fraction of sp³-hybridized carbons (Fsp3) is 0.353. The Morgan fingerprint density at radius 2 is 2.14 bits per heavy atom. The van der Waals surface area contributed by atoms with Crippen molar-refractivity contribution in [3.8, 4) is 0 Å². The molecule has 1 amide bonds. The third-order valence-corrected chi connectivity index (χ3v) is 3.96. The van der Waals surface area contributed by atoms with Crippen molar-refractivity contribution < 1.29 is 4.79 Å². The van der Waals surface area contributed by atoms with Gasteiger partial charge >= 0.3 is 0 Å². The first-order valence-electron chi connectivity index (χ1n) is 7.46. The van der Waals surface area contributed by atoms with Gasteiger partial charge in [-0.05, 0) is 56.1 Å². The number of aromatic nitrogens is 1. The van der Waals surface area contributed by atoms with Crippen LogP contribution < -0.4 is 10.6 Å². The molecule has 2 aromatic rings. The van der Waals surface area contributed by atoms with Gasteiger partial charge in [-0.3, -0.25) is 4.79 Å². The maximum Gasteiger partial charge on any atom is 0.272 e. The van der Waals surface area contributed by atoms with Crippen LogP contribution in [-0.4, -0.2) is 17.0 Å². The molecule has 0 spiro atoms. The van der Waals surface area contributed by atoms with Crippen LogP contribution >= 0.6 is 0 Å². The zero-order valence-corrected chi connectivity index (χ0v) is 12.5. The topological polar surface area (TPSA) is 46.1 Å². The van der Waals surface area contributed by atoms with Crippen molar-refractivity contribution in [2.24, 2.45) is 0 Å². The maximum atomic E-state index is 12.5. The molecule has 1 aliphatic heterocycles. The van der Waals surface area contributed by atoms with Crippen LogP contribution in [0.25, 0.3) is 0 Å². The van der Waals surface area contributed by atoms with Crippen molar-refractivity contribution in [1.29, 1.82) is 0 Å². The molecule has 0 fully saturated rings. The first kappa shape index (κ1) is 13.9. The summed E-state index contributed by atoms with van der Waals surface area (Å²) in [4.78, 5) is 12.5. The van der Waals surface area contributed by atoms with E-state index in [1.807, 2.05) is 35.0 Å². The Bertz CT molecular complexity index is 658. The first-order chi connectivity index (χ1) is 10.2. The molecule has 0 saturated carbocycles. The van der Waals surface area contributed by atoms with Crippen LogP contribution in [0.4, 0.5) is 5.69 Å². The van der Waals surface area contributed by atoms with E-state index in [1.54, 1.807) is 0 Å². The number of anilines is 1. The van der Waals surface area contributed by atoms with Gasteiger partial charge in [-0.15, -0.1) is 0 Å². The van der Waals surface area contributed by atoms with Crippen molar-refractivity contribution in [2.75, 3.05) is 11.9 Å². The molecule has 4 nitrogen and oxygen atoms in total. The summed E-state index contributed by atoms with van der Waals surface area (Å²) in [7, 11) is 0. The van der Waals surface area contributed by atoms with Gasteiger partial charge in [0, 0.05) is 24.5 Å². The molecule has 0 radical (unpaired) electrons. The van der Waals surface area contributed by atoms with Gasteiger partial charge in [0.05, 0.1) is 0 Å². The molecule has 21 heavy (non-hydrogen) atoms. The molecule has 110 valence electrons. The molecule has 4 heteroatoms. The number of nitrogens with one attached hydrogen (secondary N) is 2. The Morgan fingerprint density at radius 1 is 1.29 bits per heavy atom. The van der Waals surface area contributed by atoms with Crippen molar-refractivity contribution >= 4 is 11.6 Å².